The van der Waals surface area contributed by atoms with E-state index >= 15 is 0 Å². The molecule has 0 spiro atoms. The van der Waals surface area contributed by atoms with Crippen LogP contribution in [0.5, 0.6) is 0 Å². The Morgan fingerprint density at radius 2 is 1.79 bits per heavy atom. The summed E-state index contributed by atoms with van der Waals surface area (Å²) in [5, 5.41) is 7.03. The predicted molar refractivity (Wildman–Crippen MR) is 102 cm³/mol. The van der Waals surface area contributed by atoms with Crippen LogP contribution in [0.3, 0.4) is 0 Å². The number of nitrogens with one attached hydrogen (secondary N) is 1. The van der Waals surface area contributed by atoms with Gasteiger partial charge in [0.15, 0.2) is 0 Å². The van der Waals surface area contributed by atoms with Crippen LogP contribution in [-0.4, -0.2) is 21.5 Å². The number of alkyl carbamates (subject to hydrolysis) is 1. The van der Waals surface area contributed by atoms with Gasteiger partial charge in [-0.1, -0.05) is 0 Å². The van der Waals surface area contributed by atoms with Gasteiger partial charge in [-0.05, 0) is 74.9 Å². The Kier molecular flexibility index (Phi) is 5.44. The zero-order valence-electron chi connectivity index (χ0n) is 15.9. The van der Waals surface area contributed by atoms with E-state index < -0.39 is 17.5 Å². The first-order valence-corrected chi connectivity index (χ1v) is 8.78. The van der Waals surface area contributed by atoms with Crippen LogP contribution >= 0.6 is 0 Å². The van der Waals surface area contributed by atoms with E-state index in [1.807, 2.05) is 0 Å². The second-order valence-corrected chi connectivity index (χ2v) is 7.33. The van der Waals surface area contributed by atoms with Crippen LogP contribution in [0.1, 0.15) is 26.3 Å². The fraction of sp³-hybridized carbons (Fsp3) is 0.238. The standard InChI is InChI=1S/C21H21F2N3O2/c1-21(2,3)28-20(27)24-13-14-10-15(12-17(23)11-14)19-8-9-26(25-19)18-6-4-16(22)5-7-18/h4-12H,13H2,1-3H3,(H,24,27). The number of aromatic nitrogens is 2. The number of carbonyl (C=O) groups excluding carboxylic acids is 1. The highest BCUT2D eigenvalue weighted by Crippen LogP contribution is 2.22. The molecule has 0 radical (unpaired) electrons. The van der Waals surface area contributed by atoms with Crippen LogP contribution in [0, 0.1) is 11.6 Å². The quantitative estimate of drug-likeness (QED) is 0.699. The zero-order valence-corrected chi connectivity index (χ0v) is 15.9. The van der Waals surface area contributed by atoms with E-state index in [1.54, 1.807) is 55.9 Å². The third-order valence-corrected chi connectivity index (χ3v) is 3.77. The molecule has 7 heteroatoms. The molecule has 0 atom stereocenters. The van der Waals surface area contributed by atoms with E-state index in [4.69, 9.17) is 4.74 Å². The maximum Gasteiger partial charge on any atom is 0.407 e. The largest absolute Gasteiger partial charge is 0.444 e. The summed E-state index contributed by atoms with van der Waals surface area (Å²) in [6.45, 7) is 5.43. The van der Waals surface area contributed by atoms with Gasteiger partial charge in [-0.25, -0.2) is 18.3 Å². The molecule has 3 rings (SSSR count). The zero-order chi connectivity index (χ0) is 20.3. The average molecular weight is 385 g/mol. The molecule has 2 aromatic carbocycles. The lowest BCUT2D eigenvalue weighted by Crippen LogP contribution is -2.32. The summed E-state index contributed by atoms with van der Waals surface area (Å²) in [4.78, 5) is 11.8. The van der Waals surface area contributed by atoms with Crippen molar-refractivity contribution in [2.75, 3.05) is 0 Å². The SMILES string of the molecule is CC(C)(C)OC(=O)NCc1cc(F)cc(-c2ccn(-c3ccc(F)cc3)n2)c1. The minimum atomic E-state index is -0.607. The Morgan fingerprint density at radius 1 is 1.07 bits per heavy atom. The first-order chi connectivity index (χ1) is 13.2. The highest BCUT2D eigenvalue weighted by atomic mass is 19.1. The van der Waals surface area contributed by atoms with Gasteiger partial charge in [0, 0.05) is 18.3 Å². The molecule has 1 aromatic heterocycles. The lowest BCUT2D eigenvalue weighted by atomic mass is 10.1. The molecular formula is C21H21F2N3O2. The maximum absolute atomic E-state index is 14.1. The smallest absolute Gasteiger partial charge is 0.407 e. The molecule has 5 nitrogen and oxygen atoms in total. The number of halogens is 2. The van der Waals surface area contributed by atoms with Crippen LogP contribution in [0.2, 0.25) is 0 Å². The summed E-state index contributed by atoms with van der Waals surface area (Å²) in [5.41, 5.74) is 1.79. The summed E-state index contributed by atoms with van der Waals surface area (Å²) in [7, 11) is 0. The second-order valence-electron chi connectivity index (χ2n) is 7.33. The first kappa shape index (κ1) is 19.5. The topological polar surface area (TPSA) is 56.1 Å². The molecule has 28 heavy (non-hydrogen) atoms. The number of benzene rings is 2. The van der Waals surface area contributed by atoms with Gasteiger partial charge >= 0.3 is 6.09 Å². The van der Waals surface area contributed by atoms with E-state index in [-0.39, 0.29) is 12.4 Å². The van der Waals surface area contributed by atoms with Gasteiger partial charge in [0.25, 0.3) is 0 Å². The third kappa shape index (κ3) is 5.16. The molecule has 0 bridgehead atoms. The summed E-state index contributed by atoms with van der Waals surface area (Å²) >= 11 is 0. The van der Waals surface area contributed by atoms with Crippen molar-refractivity contribution >= 4 is 6.09 Å². The molecular weight excluding hydrogens is 364 g/mol. The van der Waals surface area contributed by atoms with Crippen molar-refractivity contribution in [1.29, 1.82) is 0 Å². The number of hydrogen-bond donors (Lipinski definition) is 1. The molecule has 0 aliphatic rings. The van der Waals surface area contributed by atoms with Crippen LogP contribution in [-0.2, 0) is 11.3 Å². The molecule has 0 unspecified atom stereocenters. The van der Waals surface area contributed by atoms with Crippen LogP contribution in [0.4, 0.5) is 13.6 Å². The van der Waals surface area contributed by atoms with Gasteiger partial charge in [0.05, 0.1) is 11.4 Å². The molecule has 3 aromatic rings. The molecule has 146 valence electrons. The van der Waals surface area contributed by atoms with Crippen LogP contribution in [0.15, 0.2) is 54.7 Å². The number of carbonyl (C=O) groups is 1. The van der Waals surface area contributed by atoms with Crippen LogP contribution in [0.25, 0.3) is 16.9 Å². The van der Waals surface area contributed by atoms with Gasteiger partial charge < -0.3 is 10.1 Å². The monoisotopic (exact) mass is 385 g/mol. The minimum absolute atomic E-state index is 0.123. The predicted octanol–water partition coefficient (Wildman–Crippen LogP) is 4.84. The van der Waals surface area contributed by atoms with Gasteiger partial charge in [-0.15, -0.1) is 0 Å². The van der Waals surface area contributed by atoms with Gasteiger partial charge in [-0.3, -0.25) is 0 Å². The molecule has 0 saturated carbocycles. The Balaban J connectivity index is 1.76. The lowest BCUT2D eigenvalue weighted by Gasteiger charge is -2.19. The van der Waals surface area contributed by atoms with Crippen molar-refractivity contribution in [3.8, 4) is 16.9 Å². The highest BCUT2D eigenvalue weighted by Gasteiger charge is 2.16. The Hall–Kier alpha value is -3.22. The summed E-state index contributed by atoms with van der Waals surface area (Å²) < 4.78 is 33.9. The van der Waals surface area contributed by atoms with E-state index in [2.05, 4.69) is 10.4 Å². The fourth-order valence-electron chi connectivity index (χ4n) is 2.60. The Morgan fingerprint density at radius 3 is 2.46 bits per heavy atom. The summed E-state index contributed by atoms with van der Waals surface area (Å²) in [6, 6.07) is 12.1. The summed E-state index contributed by atoms with van der Waals surface area (Å²) in [5.74, 6) is -0.766. The van der Waals surface area contributed by atoms with E-state index in [9.17, 15) is 13.6 Å². The molecule has 1 N–H and O–H groups in total. The summed E-state index contributed by atoms with van der Waals surface area (Å²) in [6.07, 6.45) is 1.14. The van der Waals surface area contributed by atoms with Crippen molar-refractivity contribution in [2.24, 2.45) is 0 Å². The third-order valence-electron chi connectivity index (χ3n) is 3.77. The van der Waals surface area contributed by atoms with Gasteiger partial charge in [-0.2, -0.15) is 5.10 Å². The highest BCUT2D eigenvalue weighted by molar-refractivity contribution is 5.68. The second kappa shape index (κ2) is 7.80. The lowest BCUT2D eigenvalue weighted by molar-refractivity contribution is 0.0523. The van der Waals surface area contributed by atoms with E-state index in [0.29, 0.717) is 22.5 Å². The van der Waals surface area contributed by atoms with Crippen molar-refractivity contribution in [1.82, 2.24) is 15.1 Å². The number of hydrogen-bond acceptors (Lipinski definition) is 3. The molecule has 0 aliphatic heterocycles. The molecule has 1 heterocycles. The Bertz CT molecular complexity index is 976. The van der Waals surface area contributed by atoms with Gasteiger partial charge in [0.2, 0.25) is 0 Å². The molecule has 0 fully saturated rings. The van der Waals surface area contributed by atoms with Gasteiger partial charge in [0.1, 0.15) is 17.2 Å². The minimum Gasteiger partial charge on any atom is -0.444 e. The number of ether oxygens (including phenoxy) is 1. The average Bonchev–Trinajstić information content (AvgIpc) is 3.09. The van der Waals surface area contributed by atoms with E-state index in [0.717, 1.165) is 0 Å². The normalized spacial score (nSPS) is 11.3. The van der Waals surface area contributed by atoms with Crippen molar-refractivity contribution in [3.05, 3.63) is 71.9 Å². The van der Waals surface area contributed by atoms with E-state index in [1.165, 1.54) is 24.3 Å². The first-order valence-electron chi connectivity index (χ1n) is 8.78. The molecule has 0 saturated heterocycles. The van der Waals surface area contributed by atoms with Crippen molar-refractivity contribution < 1.29 is 18.3 Å². The van der Waals surface area contributed by atoms with Crippen molar-refractivity contribution in [2.45, 2.75) is 32.9 Å². The fourth-order valence-corrected chi connectivity index (χ4v) is 2.60. The Labute approximate surface area is 161 Å². The number of rotatable bonds is 4. The molecule has 0 aliphatic carbocycles. The van der Waals surface area contributed by atoms with Crippen LogP contribution < -0.4 is 5.32 Å². The number of nitrogens with zero attached hydrogens (tertiary/aromatic N) is 2. The maximum atomic E-state index is 14.1. The number of amides is 1. The molecule has 1 amide bonds. The van der Waals surface area contributed by atoms with Crippen molar-refractivity contribution in [3.63, 3.8) is 0 Å².